The molecular formula is C28H27BrN4OS. The Labute approximate surface area is 219 Å². The van der Waals surface area contributed by atoms with Crippen molar-refractivity contribution in [2.75, 3.05) is 12.0 Å². The largest absolute Gasteiger partial charge is 0.497 e. The summed E-state index contributed by atoms with van der Waals surface area (Å²) >= 11 is 9.55. The van der Waals surface area contributed by atoms with Gasteiger partial charge in [-0.2, -0.15) is 0 Å². The van der Waals surface area contributed by atoms with E-state index in [1.54, 1.807) is 7.11 Å². The normalized spacial score (nSPS) is 17.5. The van der Waals surface area contributed by atoms with Gasteiger partial charge in [0.1, 0.15) is 5.75 Å². The summed E-state index contributed by atoms with van der Waals surface area (Å²) in [4.78, 5) is 6.92. The average Bonchev–Trinajstić information content (AvgIpc) is 3.36. The van der Waals surface area contributed by atoms with Crippen LogP contribution in [0.2, 0.25) is 0 Å². The lowest BCUT2D eigenvalue weighted by molar-refractivity contribution is 0.414. The molecule has 1 fully saturated rings. The summed E-state index contributed by atoms with van der Waals surface area (Å²) in [6.07, 6.45) is 1.84. The molecule has 2 unspecified atom stereocenters. The highest BCUT2D eigenvalue weighted by atomic mass is 79.9. The van der Waals surface area contributed by atoms with Crippen LogP contribution in [0.15, 0.2) is 77.4 Å². The number of benzene rings is 2. The molecular weight excluding hydrogens is 520 g/mol. The van der Waals surface area contributed by atoms with Crippen LogP contribution in [-0.4, -0.2) is 21.8 Å². The van der Waals surface area contributed by atoms with Crippen molar-refractivity contribution < 1.29 is 4.74 Å². The van der Waals surface area contributed by atoms with Gasteiger partial charge in [0.2, 0.25) is 0 Å². The molecule has 0 bridgehead atoms. The quantitative estimate of drug-likeness (QED) is 0.280. The fraction of sp³-hybridized carbons (Fsp3) is 0.214. The molecule has 3 heterocycles. The second kappa shape index (κ2) is 9.47. The van der Waals surface area contributed by atoms with Gasteiger partial charge in [0.15, 0.2) is 5.11 Å². The second-order valence-electron chi connectivity index (χ2n) is 8.79. The Balaban J connectivity index is 1.68. The standard InChI is InChI=1S/C28H27BrN4OS/c1-17-14-21(11-12-24(17)29)33-27(26(31-28(33)35)25-10-5-6-13-30-25)23-15-18(2)32(19(23)3)20-8-7-9-22(16-20)34-4/h5-16,26-27H,1-4H3,(H,31,35). The molecule has 5 rings (SSSR count). The molecule has 2 aromatic heterocycles. The first-order chi connectivity index (χ1) is 16.9. The maximum absolute atomic E-state index is 5.91. The van der Waals surface area contributed by atoms with Crippen molar-refractivity contribution in [3.8, 4) is 11.4 Å². The number of anilines is 1. The minimum absolute atomic E-state index is 0.0662. The molecule has 1 saturated heterocycles. The summed E-state index contributed by atoms with van der Waals surface area (Å²) in [5.74, 6) is 0.832. The van der Waals surface area contributed by atoms with E-state index in [4.69, 9.17) is 21.9 Å². The molecule has 1 N–H and O–H groups in total. The van der Waals surface area contributed by atoms with Gasteiger partial charge in [-0.25, -0.2) is 0 Å². The first-order valence-corrected chi connectivity index (χ1v) is 12.7. The van der Waals surface area contributed by atoms with Gasteiger partial charge >= 0.3 is 0 Å². The summed E-state index contributed by atoms with van der Waals surface area (Å²) in [7, 11) is 1.70. The molecule has 178 valence electrons. The van der Waals surface area contributed by atoms with E-state index in [1.165, 1.54) is 5.56 Å². The smallest absolute Gasteiger partial charge is 0.174 e. The van der Waals surface area contributed by atoms with E-state index < -0.39 is 0 Å². The SMILES string of the molecule is COc1cccc(-n2c(C)cc(C3C(c4ccccn4)NC(=S)N3c3ccc(Br)c(C)c3)c2C)c1. The van der Waals surface area contributed by atoms with E-state index in [9.17, 15) is 0 Å². The Bertz CT molecular complexity index is 1400. The number of nitrogens with zero attached hydrogens (tertiary/aromatic N) is 3. The van der Waals surface area contributed by atoms with Crippen LogP contribution < -0.4 is 15.0 Å². The Morgan fingerprint density at radius 3 is 2.51 bits per heavy atom. The average molecular weight is 548 g/mol. The number of aryl methyl sites for hydroxylation is 2. The van der Waals surface area contributed by atoms with Gasteiger partial charge < -0.3 is 19.5 Å². The first-order valence-electron chi connectivity index (χ1n) is 11.5. The van der Waals surface area contributed by atoms with Crippen molar-refractivity contribution in [2.24, 2.45) is 0 Å². The van der Waals surface area contributed by atoms with E-state index in [1.807, 2.05) is 30.5 Å². The summed E-state index contributed by atoms with van der Waals surface area (Å²) in [5.41, 5.74) is 7.75. The number of halogens is 1. The predicted octanol–water partition coefficient (Wildman–Crippen LogP) is 6.75. The molecule has 1 aliphatic rings. The summed E-state index contributed by atoms with van der Waals surface area (Å²) in [5, 5.41) is 4.26. The van der Waals surface area contributed by atoms with Crippen molar-refractivity contribution in [2.45, 2.75) is 32.9 Å². The lowest BCUT2D eigenvalue weighted by atomic mass is 9.96. The number of hydrogen-bond donors (Lipinski definition) is 1. The van der Waals surface area contributed by atoms with E-state index in [2.05, 4.69) is 93.9 Å². The lowest BCUT2D eigenvalue weighted by Gasteiger charge is -2.28. The maximum Gasteiger partial charge on any atom is 0.174 e. The van der Waals surface area contributed by atoms with Crippen molar-refractivity contribution >= 4 is 38.9 Å². The molecule has 2 aromatic carbocycles. The van der Waals surface area contributed by atoms with Gasteiger partial charge in [-0.1, -0.05) is 28.1 Å². The van der Waals surface area contributed by atoms with Gasteiger partial charge in [-0.15, -0.1) is 0 Å². The third-order valence-electron chi connectivity index (χ3n) is 6.62. The van der Waals surface area contributed by atoms with E-state index >= 15 is 0 Å². The minimum Gasteiger partial charge on any atom is -0.497 e. The molecule has 5 nitrogen and oxygen atoms in total. The van der Waals surface area contributed by atoms with Gasteiger partial charge in [0.25, 0.3) is 0 Å². The highest BCUT2D eigenvalue weighted by molar-refractivity contribution is 9.10. The van der Waals surface area contributed by atoms with Crippen LogP contribution in [0.25, 0.3) is 5.69 Å². The molecule has 0 amide bonds. The lowest BCUT2D eigenvalue weighted by Crippen LogP contribution is -2.29. The highest BCUT2D eigenvalue weighted by Gasteiger charge is 2.42. The minimum atomic E-state index is -0.0908. The van der Waals surface area contributed by atoms with Crippen molar-refractivity contribution in [1.82, 2.24) is 14.9 Å². The molecule has 1 aliphatic heterocycles. The number of pyridine rings is 1. The Kier molecular flexibility index (Phi) is 6.38. The van der Waals surface area contributed by atoms with Crippen molar-refractivity contribution in [3.05, 3.63) is 106 Å². The summed E-state index contributed by atoms with van der Waals surface area (Å²) < 4.78 is 8.84. The van der Waals surface area contributed by atoms with Crippen LogP contribution >= 0.6 is 28.1 Å². The third-order valence-corrected chi connectivity index (χ3v) is 7.82. The van der Waals surface area contributed by atoms with Crippen LogP contribution in [0.3, 0.4) is 0 Å². The van der Waals surface area contributed by atoms with Crippen LogP contribution in [0.4, 0.5) is 5.69 Å². The monoisotopic (exact) mass is 546 g/mol. The molecule has 0 spiro atoms. The fourth-order valence-corrected chi connectivity index (χ4v) is 5.55. The van der Waals surface area contributed by atoms with Crippen LogP contribution in [0.1, 0.15) is 40.3 Å². The Morgan fingerprint density at radius 2 is 1.80 bits per heavy atom. The second-order valence-corrected chi connectivity index (χ2v) is 10.0. The highest BCUT2D eigenvalue weighted by Crippen LogP contribution is 2.44. The number of hydrogen-bond acceptors (Lipinski definition) is 3. The number of nitrogens with one attached hydrogen (secondary N) is 1. The van der Waals surface area contributed by atoms with E-state index in [-0.39, 0.29) is 12.1 Å². The Morgan fingerprint density at radius 1 is 0.971 bits per heavy atom. The number of aromatic nitrogens is 2. The summed E-state index contributed by atoms with van der Waals surface area (Å²) in [6.45, 7) is 6.41. The van der Waals surface area contributed by atoms with Gasteiger partial charge in [0, 0.05) is 39.5 Å². The third kappa shape index (κ3) is 4.23. The maximum atomic E-state index is 5.91. The molecule has 4 aromatic rings. The molecule has 0 radical (unpaired) electrons. The first kappa shape index (κ1) is 23.6. The number of ether oxygens (including phenoxy) is 1. The topological polar surface area (TPSA) is 42.3 Å². The van der Waals surface area contributed by atoms with Gasteiger partial charge in [-0.3, -0.25) is 4.98 Å². The van der Waals surface area contributed by atoms with Crippen LogP contribution in [0.5, 0.6) is 5.75 Å². The zero-order valence-electron chi connectivity index (χ0n) is 20.1. The van der Waals surface area contributed by atoms with Crippen LogP contribution in [0, 0.1) is 20.8 Å². The van der Waals surface area contributed by atoms with E-state index in [0.29, 0.717) is 5.11 Å². The molecule has 7 heteroatoms. The number of thiocarbonyl (C=S) groups is 1. The number of methoxy groups -OCH3 is 1. The van der Waals surface area contributed by atoms with Gasteiger partial charge in [0.05, 0.1) is 24.9 Å². The molecule has 35 heavy (non-hydrogen) atoms. The zero-order valence-corrected chi connectivity index (χ0v) is 22.5. The summed E-state index contributed by atoms with van der Waals surface area (Å²) in [6, 6.07) is 22.7. The van der Waals surface area contributed by atoms with Crippen molar-refractivity contribution in [3.63, 3.8) is 0 Å². The Hall–Kier alpha value is -3.16. The van der Waals surface area contributed by atoms with Crippen LogP contribution in [-0.2, 0) is 0 Å². The number of rotatable bonds is 5. The fourth-order valence-electron chi connectivity index (χ4n) is 4.96. The van der Waals surface area contributed by atoms with E-state index in [0.717, 1.165) is 44.2 Å². The predicted molar refractivity (Wildman–Crippen MR) is 149 cm³/mol. The van der Waals surface area contributed by atoms with Gasteiger partial charge in [-0.05, 0) is 92.6 Å². The zero-order chi connectivity index (χ0) is 24.7. The molecule has 2 atom stereocenters. The van der Waals surface area contributed by atoms with Crippen molar-refractivity contribution in [1.29, 1.82) is 0 Å². The molecule has 0 saturated carbocycles. The molecule has 0 aliphatic carbocycles.